The molecule has 0 spiro atoms. The van der Waals surface area contributed by atoms with E-state index in [1.54, 1.807) is 6.20 Å². The van der Waals surface area contributed by atoms with E-state index in [1.165, 1.54) is 5.56 Å². The quantitative estimate of drug-likeness (QED) is 0.857. The Balaban J connectivity index is 2.54. The SMILES string of the molecule is Cc1ncc(Cl)cc1CCNC(C)(C)C. The Kier molecular flexibility index (Phi) is 4.12. The van der Waals surface area contributed by atoms with Crippen LogP contribution in [0.3, 0.4) is 0 Å². The van der Waals surface area contributed by atoms with Crippen molar-refractivity contribution in [3.63, 3.8) is 0 Å². The van der Waals surface area contributed by atoms with E-state index >= 15 is 0 Å². The lowest BCUT2D eigenvalue weighted by atomic mass is 10.1. The molecule has 0 aromatic carbocycles. The Morgan fingerprint density at radius 1 is 1.40 bits per heavy atom. The predicted octanol–water partition coefficient (Wildman–Crippen LogP) is 2.97. The van der Waals surface area contributed by atoms with E-state index in [1.807, 2.05) is 13.0 Å². The topological polar surface area (TPSA) is 24.9 Å². The van der Waals surface area contributed by atoms with Gasteiger partial charge in [-0.25, -0.2) is 0 Å². The number of nitrogens with one attached hydrogen (secondary N) is 1. The predicted molar refractivity (Wildman–Crippen MR) is 65.4 cm³/mol. The van der Waals surface area contributed by atoms with Crippen LogP contribution in [0.25, 0.3) is 0 Å². The molecule has 3 heteroatoms. The molecule has 0 saturated carbocycles. The van der Waals surface area contributed by atoms with E-state index in [2.05, 4.69) is 31.1 Å². The Labute approximate surface area is 97.1 Å². The van der Waals surface area contributed by atoms with Gasteiger partial charge in [0.05, 0.1) is 5.02 Å². The maximum Gasteiger partial charge on any atom is 0.0592 e. The highest BCUT2D eigenvalue weighted by Gasteiger charge is 2.08. The van der Waals surface area contributed by atoms with E-state index in [0.717, 1.165) is 18.7 Å². The fourth-order valence-electron chi connectivity index (χ4n) is 1.37. The van der Waals surface area contributed by atoms with E-state index in [9.17, 15) is 0 Å². The highest BCUT2D eigenvalue weighted by atomic mass is 35.5. The summed E-state index contributed by atoms with van der Waals surface area (Å²) < 4.78 is 0. The summed E-state index contributed by atoms with van der Waals surface area (Å²) >= 11 is 5.90. The van der Waals surface area contributed by atoms with Crippen molar-refractivity contribution < 1.29 is 0 Å². The van der Waals surface area contributed by atoms with Crippen molar-refractivity contribution in [3.8, 4) is 0 Å². The minimum Gasteiger partial charge on any atom is -0.312 e. The van der Waals surface area contributed by atoms with Crippen LogP contribution in [0, 0.1) is 6.92 Å². The van der Waals surface area contributed by atoms with Crippen LogP contribution in [0.5, 0.6) is 0 Å². The van der Waals surface area contributed by atoms with Gasteiger partial charge < -0.3 is 5.32 Å². The molecule has 0 saturated heterocycles. The van der Waals surface area contributed by atoms with Crippen molar-refractivity contribution in [2.45, 2.75) is 39.7 Å². The lowest BCUT2D eigenvalue weighted by Gasteiger charge is -2.20. The molecule has 0 aliphatic heterocycles. The maximum absolute atomic E-state index is 5.90. The van der Waals surface area contributed by atoms with Crippen LogP contribution in [0.15, 0.2) is 12.3 Å². The van der Waals surface area contributed by atoms with Crippen LogP contribution in [0.4, 0.5) is 0 Å². The molecule has 1 heterocycles. The molecule has 0 bridgehead atoms. The molecule has 0 fully saturated rings. The van der Waals surface area contributed by atoms with Gasteiger partial charge in [-0.2, -0.15) is 0 Å². The molecule has 0 radical (unpaired) electrons. The van der Waals surface area contributed by atoms with Crippen LogP contribution in [0.2, 0.25) is 5.02 Å². The molecule has 1 aromatic rings. The summed E-state index contributed by atoms with van der Waals surface area (Å²) in [5, 5.41) is 4.16. The number of halogens is 1. The molecule has 1 N–H and O–H groups in total. The first kappa shape index (κ1) is 12.5. The Morgan fingerprint density at radius 2 is 2.07 bits per heavy atom. The van der Waals surface area contributed by atoms with Crippen LogP contribution in [0.1, 0.15) is 32.0 Å². The second kappa shape index (κ2) is 4.95. The molecule has 84 valence electrons. The molecule has 2 nitrogen and oxygen atoms in total. The second-order valence-corrected chi connectivity index (χ2v) is 5.26. The van der Waals surface area contributed by atoms with Crippen LogP contribution in [-0.2, 0) is 6.42 Å². The zero-order valence-corrected chi connectivity index (χ0v) is 10.7. The van der Waals surface area contributed by atoms with Crippen molar-refractivity contribution in [1.29, 1.82) is 0 Å². The lowest BCUT2D eigenvalue weighted by Crippen LogP contribution is -2.37. The van der Waals surface area contributed by atoms with Gasteiger partial charge in [0.25, 0.3) is 0 Å². The van der Waals surface area contributed by atoms with Crippen LogP contribution in [-0.4, -0.2) is 17.1 Å². The maximum atomic E-state index is 5.90. The van der Waals surface area contributed by atoms with Crippen molar-refractivity contribution in [3.05, 3.63) is 28.5 Å². The van der Waals surface area contributed by atoms with Gasteiger partial charge >= 0.3 is 0 Å². The van der Waals surface area contributed by atoms with Gasteiger partial charge in [-0.05, 0) is 52.3 Å². The third kappa shape index (κ3) is 4.63. The first-order chi connectivity index (χ1) is 6.88. The van der Waals surface area contributed by atoms with Crippen LogP contribution >= 0.6 is 11.6 Å². The highest BCUT2D eigenvalue weighted by Crippen LogP contribution is 2.13. The molecule has 15 heavy (non-hydrogen) atoms. The number of rotatable bonds is 3. The van der Waals surface area contributed by atoms with Crippen molar-refractivity contribution in [2.24, 2.45) is 0 Å². The molecule has 0 aliphatic rings. The van der Waals surface area contributed by atoms with Crippen molar-refractivity contribution >= 4 is 11.6 Å². The van der Waals surface area contributed by atoms with Gasteiger partial charge in [-0.15, -0.1) is 0 Å². The average molecular weight is 227 g/mol. The number of hydrogen-bond acceptors (Lipinski definition) is 2. The van der Waals surface area contributed by atoms with Gasteiger partial charge in [0.2, 0.25) is 0 Å². The summed E-state index contributed by atoms with van der Waals surface area (Å²) in [5.41, 5.74) is 2.45. The third-order valence-corrected chi connectivity index (χ3v) is 2.41. The fourth-order valence-corrected chi connectivity index (χ4v) is 1.56. The Morgan fingerprint density at radius 3 is 2.67 bits per heavy atom. The Bertz CT molecular complexity index is 329. The standard InChI is InChI=1S/C12H19ClN2/c1-9-10(7-11(13)8-14-9)5-6-15-12(2,3)4/h7-8,15H,5-6H2,1-4H3. The molecule has 1 rings (SSSR count). The molecule has 0 atom stereocenters. The molecule has 1 aromatic heterocycles. The van der Waals surface area contributed by atoms with Crippen molar-refractivity contribution in [2.75, 3.05) is 6.54 Å². The van der Waals surface area contributed by atoms with Crippen LogP contribution < -0.4 is 5.32 Å². The second-order valence-electron chi connectivity index (χ2n) is 4.82. The van der Waals surface area contributed by atoms with E-state index in [4.69, 9.17) is 11.6 Å². The lowest BCUT2D eigenvalue weighted by molar-refractivity contribution is 0.429. The molecule has 0 unspecified atom stereocenters. The van der Waals surface area contributed by atoms with Crippen molar-refractivity contribution in [1.82, 2.24) is 10.3 Å². The number of hydrogen-bond donors (Lipinski definition) is 1. The normalized spacial score (nSPS) is 11.8. The third-order valence-electron chi connectivity index (χ3n) is 2.21. The van der Waals surface area contributed by atoms with E-state index in [0.29, 0.717) is 5.02 Å². The summed E-state index contributed by atoms with van der Waals surface area (Å²) in [6.45, 7) is 9.46. The monoisotopic (exact) mass is 226 g/mol. The number of nitrogens with zero attached hydrogens (tertiary/aromatic N) is 1. The summed E-state index contributed by atoms with van der Waals surface area (Å²) in [6, 6.07) is 1.99. The summed E-state index contributed by atoms with van der Waals surface area (Å²) in [4.78, 5) is 4.23. The van der Waals surface area contributed by atoms with E-state index < -0.39 is 0 Å². The fraction of sp³-hybridized carbons (Fsp3) is 0.583. The first-order valence-electron chi connectivity index (χ1n) is 5.24. The molecule has 0 amide bonds. The zero-order chi connectivity index (χ0) is 11.5. The highest BCUT2D eigenvalue weighted by molar-refractivity contribution is 6.30. The van der Waals surface area contributed by atoms with Gasteiger partial charge in [0, 0.05) is 17.4 Å². The molecular formula is C12H19ClN2. The smallest absolute Gasteiger partial charge is 0.0592 e. The minimum atomic E-state index is 0.167. The summed E-state index contributed by atoms with van der Waals surface area (Å²) in [6.07, 6.45) is 2.66. The van der Waals surface area contributed by atoms with E-state index in [-0.39, 0.29) is 5.54 Å². The molecular weight excluding hydrogens is 208 g/mol. The first-order valence-corrected chi connectivity index (χ1v) is 5.62. The van der Waals surface area contributed by atoms with Gasteiger partial charge in [0.1, 0.15) is 0 Å². The summed E-state index contributed by atoms with van der Waals surface area (Å²) in [7, 11) is 0. The van der Waals surface area contributed by atoms with Gasteiger partial charge in [-0.1, -0.05) is 11.6 Å². The average Bonchev–Trinajstić information content (AvgIpc) is 2.09. The molecule has 0 aliphatic carbocycles. The summed E-state index contributed by atoms with van der Waals surface area (Å²) in [5.74, 6) is 0. The van der Waals surface area contributed by atoms with Gasteiger partial charge in [0.15, 0.2) is 0 Å². The minimum absolute atomic E-state index is 0.167. The number of aromatic nitrogens is 1. The number of pyridine rings is 1. The zero-order valence-electron chi connectivity index (χ0n) is 9.89. The largest absolute Gasteiger partial charge is 0.312 e. The Hall–Kier alpha value is -0.600. The number of aryl methyl sites for hydroxylation is 1. The van der Waals surface area contributed by atoms with Gasteiger partial charge in [-0.3, -0.25) is 4.98 Å².